The summed E-state index contributed by atoms with van der Waals surface area (Å²) in [5.41, 5.74) is 2.00. The Kier molecular flexibility index (Phi) is 3.84. The largest absolute Gasteiger partial charge is 0.326 e. The van der Waals surface area contributed by atoms with E-state index in [-0.39, 0.29) is 11.8 Å². The van der Waals surface area contributed by atoms with Crippen LogP contribution in [0.5, 0.6) is 0 Å². The molecule has 0 aliphatic carbocycles. The topological polar surface area (TPSA) is 41.1 Å². The smallest absolute Gasteiger partial charge is 0.229 e. The Morgan fingerprint density at radius 3 is 2.82 bits per heavy atom. The van der Waals surface area contributed by atoms with E-state index in [0.29, 0.717) is 5.92 Å². The van der Waals surface area contributed by atoms with Gasteiger partial charge in [-0.1, -0.05) is 22.9 Å². The molecule has 1 fully saturated rings. The van der Waals surface area contributed by atoms with Gasteiger partial charge >= 0.3 is 0 Å². The number of nitrogens with one attached hydrogen (secondary N) is 2. The first-order valence-corrected chi connectivity index (χ1v) is 6.65. The van der Waals surface area contributed by atoms with E-state index in [2.05, 4.69) is 33.5 Å². The summed E-state index contributed by atoms with van der Waals surface area (Å²) in [5.74, 6) is 0.606. The Labute approximate surface area is 110 Å². The molecule has 1 amide bonds. The minimum Gasteiger partial charge on any atom is -0.326 e. The first-order valence-electron chi connectivity index (χ1n) is 5.85. The fourth-order valence-corrected chi connectivity index (χ4v) is 2.37. The molecule has 0 radical (unpaired) electrons. The molecule has 2 rings (SSSR count). The third kappa shape index (κ3) is 2.87. The summed E-state index contributed by atoms with van der Waals surface area (Å²) in [6.07, 6.45) is 0. The molecule has 1 aromatic carbocycles. The first kappa shape index (κ1) is 12.6. The molecule has 92 valence electrons. The van der Waals surface area contributed by atoms with Crippen LogP contribution < -0.4 is 10.6 Å². The van der Waals surface area contributed by atoms with Gasteiger partial charge in [0.15, 0.2) is 0 Å². The maximum absolute atomic E-state index is 12.1. The van der Waals surface area contributed by atoms with Gasteiger partial charge in [0, 0.05) is 16.7 Å². The Morgan fingerprint density at radius 1 is 1.47 bits per heavy atom. The van der Waals surface area contributed by atoms with Crippen LogP contribution in [0, 0.1) is 18.8 Å². The van der Waals surface area contributed by atoms with Gasteiger partial charge in [-0.2, -0.15) is 0 Å². The lowest BCUT2D eigenvalue weighted by molar-refractivity contribution is -0.120. The fourth-order valence-electron chi connectivity index (χ4n) is 2.12. The molecule has 0 saturated carbocycles. The summed E-state index contributed by atoms with van der Waals surface area (Å²) in [4.78, 5) is 12.1. The molecule has 1 heterocycles. The van der Waals surface area contributed by atoms with Crippen LogP contribution in [0.1, 0.15) is 12.5 Å². The van der Waals surface area contributed by atoms with Crippen molar-refractivity contribution in [2.24, 2.45) is 11.8 Å². The monoisotopic (exact) mass is 296 g/mol. The van der Waals surface area contributed by atoms with Crippen molar-refractivity contribution in [2.75, 3.05) is 18.4 Å². The number of hydrogen-bond donors (Lipinski definition) is 2. The minimum absolute atomic E-state index is 0.0824. The van der Waals surface area contributed by atoms with Crippen LogP contribution in [-0.2, 0) is 4.79 Å². The lowest BCUT2D eigenvalue weighted by Crippen LogP contribution is -2.27. The van der Waals surface area contributed by atoms with E-state index < -0.39 is 0 Å². The van der Waals surface area contributed by atoms with Crippen molar-refractivity contribution in [1.29, 1.82) is 0 Å². The number of carbonyl (C=O) groups is 1. The van der Waals surface area contributed by atoms with E-state index >= 15 is 0 Å². The predicted octanol–water partition coefficient (Wildman–Crippen LogP) is 2.55. The molecule has 0 bridgehead atoms. The number of carbonyl (C=O) groups excluding carboxylic acids is 1. The number of rotatable bonds is 2. The average Bonchev–Trinajstić information content (AvgIpc) is 2.70. The van der Waals surface area contributed by atoms with E-state index in [4.69, 9.17) is 0 Å². The van der Waals surface area contributed by atoms with Gasteiger partial charge < -0.3 is 10.6 Å². The van der Waals surface area contributed by atoms with E-state index in [9.17, 15) is 4.79 Å². The summed E-state index contributed by atoms with van der Waals surface area (Å²) >= 11 is 3.45. The standard InChI is InChI=1S/C13H17BrN2O/c1-8-5-10(3-4-12(8)14)16-13(17)11-7-15-6-9(11)2/h3-5,9,11,15H,6-7H2,1-2H3,(H,16,17). The van der Waals surface area contributed by atoms with E-state index in [1.54, 1.807) is 0 Å². The molecule has 0 aromatic heterocycles. The second-order valence-corrected chi connectivity index (χ2v) is 5.55. The van der Waals surface area contributed by atoms with Crippen molar-refractivity contribution in [3.63, 3.8) is 0 Å². The number of amides is 1. The molecule has 3 nitrogen and oxygen atoms in total. The zero-order valence-corrected chi connectivity index (χ0v) is 11.7. The lowest BCUT2D eigenvalue weighted by Gasteiger charge is -2.14. The predicted molar refractivity (Wildman–Crippen MR) is 73.0 cm³/mol. The molecule has 1 aromatic rings. The number of anilines is 1. The molecule has 0 spiro atoms. The summed E-state index contributed by atoms with van der Waals surface area (Å²) in [7, 11) is 0. The number of halogens is 1. The van der Waals surface area contributed by atoms with Crippen molar-refractivity contribution >= 4 is 27.5 Å². The van der Waals surface area contributed by atoms with Crippen LogP contribution in [0.2, 0.25) is 0 Å². The number of aryl methyl sites for hydroxylation is 1. The molecule has 1 aliphatic rings. The third-order valence-electron chi connectivity index (χ3n) is 3.28. The molecular weight excluding hydrogens is 280 g/mol. The van der Waals surface area contributed by atoms with Gasteiger partial charge in [-0.3, -0.25) is 4.79 Å². The summed E-state index contributed by atoms with van der Waals surface area (Å²) < 4.78 is 1.06. The number of hydrogen-bond acceptors (Lipinski definition) is 2. The summed E-state index contributed by atoms with van der Waals surface area (Å²) in [6, 6.07) is 5.86. The number of benzene rings is 1. The van der Waals surface area contributed by atoms with Gasteiger partial charge in [0.1, 0.15) is 0 Å². The Hall–Kier alpha value is -0.870. The summed E-state index contributed by atoms with van der Waals surface area (Å²) in [5, 5.41) is 6.22. The van der Waals surface area contributed by atoms with Crippen LogP contribution in [0.4, 0.5) is 5.69 Å². The van der Waals surface area contributed by atoms with Crippen molar-refractivity contribution in [3.05, 3.63) is 28.2 Å². The van der Waals surface area contributed by atoms with Gasteiger partial charge in [-0.15, -0.1) is 0 Å². The fraction of sp³-hybridized carbons (Fsp3) is 0.462. The van der Waals surface area contributed by atoms with Crippen LogP contribution in [0.3, 0.4) is 0 Å². The lowest BCUT2D eigenvalue weighted by atomic mass is 9.97. The third-order valence-corrected chi connectivity index (χ3v) is 4.17. The highest BCUT2D eigenvalue weighted by Crippen LogP contribution is 2.22. The second kappa shape index (κ2) is 5.19. The highest BCUT2D eigenvalue weighted by atomic mass is 79.9. The SMILES string of the molecule is Cc1cc(NC(=O)C2CNCC2C)ccc1Br. The van der Waals surface area contributed by atoms with Gasteiger partial charge in [0.25, 0.3) is 0 Å². The maximum Gasteiger partial charge on any atom is 0.229 e. The van der Waals surface area contributed by atoms with Gasteiger partial charge in [0.05, 0.1) is 5.92 Å². The minimum atomic E-state index is 0.0824. The zero-order chi connectivity index (χ0) is 12.4. The Bertz CT molecular complexity index is 433. The Balaban J connectivity index is 2.05. The molecule has 4 heteroatoms. The maximum atomic E-state index is 12.1. The van der Waals surface area contributed by atoms with Crippen LogP contribution >= 0.6 is 15.9 Å². The van der Waals surface area contributed by atoms with Gasteiger partial charge in [-0.25, -0.2) is 0 Å². The highest BCUT2D eigenvalue weighted by Gasteiger charge is 2.29. The van der Waals surface area contributed by atoms with Gasteiger partial charge in [-0.05, 0) is 43.1 Å². The van der Waals surface area contributed by atoms with Crippen LogP contribution in [0.15, 0.2) is 22.7 Å². The van der Waals surface area contributed by atoms with Crippen molar-refractivity contribution in [3.8, 4) is 0 Å². The van der Waals surface area contributed by atoms with Crippen LogP contribution in [0.25, 0.3) is 0 Å². The highest BCUT2D eigenvalue weighted by molar-refractivity contribution is 9.10. The van der Waals surface area contributed by atoms with Crippen molar-refractivity contribution < 1.29 is 4.79 Å². The molecule has 17 heavy (non-hydrogen) atoms. The van der Waals surface area contributed by atoms with Crippen molar-refractivity contribution in [1.82, 2.24) is 5.32 Å². The second-order valence-electron chi connectivity index (χ2n) is 4.70. The normalized spacial score (nSPS) is 23.7. The Morgan fingerprint density at radius 2 is 2.24 bits per heavy atom. The average molecular weight is 297 g/mol. The first-order chi connectivity index (χ1) is 8.08. The molecular formula is C13H17BrN2O. The zero-order valence-electron chi connectivity index (χ0n) is 10.1. The summed E-state index contributed by atoms with van der Waals surface area (Å²) in [6.45, 7) is 5.83. The van der Waals surface area contributed by atoms with Crippen LogP contribution in [-0.4, -0.2) is 19.0 Å². The van der Waals surface area contributed by atoms with E-state index in [1.165, 1.54) is 0 Å². The molecule has 1 saturated heterocycles. The molecule has 2 unspecified atom stereocenters. The molecule has 2 atom stereocenters. The quantitative estimate of drug-likeness (QED) is 0.881. The molecule has 2 N–H and O–H groups in total. The van der Waals surface area contributed by atoms with Gasteiger partial charge in [0.2, 0.25) is 5.91 Å². The van der Waals surface area contributed by atoms with E-state index in [0.717, 1.165) is 28.8 Å². The molecule has 1 aliphatic heterocycles. The van der Waals surface area contributed by atoms with Crippen molar-refractivity contribution in [2.45, 2.75) is 13.8 Å². The van der Waals surface area contributed by atoms with E-state index in [1.807, 2.05) is 25.1 Å².